The highest BCUT2D eigenvalue weighted by molar-refractivity contribution is 5.59. The molecule has 4 aromatic heterocycles. The number of nitrogens with one attached hydrogen (secondary N) is 2. The molecule has 0 aliphatic carbocycles. The molecular formula is C25H21BrN6O2. The van der Waals surface area contributed by atoms with Gasteiger partial charge in [-0.3, -0.25) is 9.59 Å². The zero-order valence-corrected chi connectivity index (χ0v) is 19.8. The van der Waals surface area contributed by atoms with E-state index in [0.29, 0.717) is 11.3 Å². The smallest absolute Gasteiger partial charge is 0.352 e. The SMILES string of the molecule is C[n+]1ccn2cc(-c3ccccc3)[nH]c(=O)c21.O=c1[nH]c(-c2ccccc2)cn2ccnc12.[Br-]. The van der Waals surface area contributed by atoms with Crippen molar-refractivity contribution < 1.29 is 21.5 Å². The fraction of sp³-hybridized carbons (Fsp3) is 0.0400. The van der Waals surface area contributed by atoms with E-state index in [-0.39, 0.29) is 28.1 Å². The fourth-order valence-electron chi connectivity index (χ4n) is 3.70. The Morgan fingerprint density at radius 2 is 1.32 bits per heavy atom. The van der Waals surface area contributed by atoms with Crippen LogP contribution >= 0.6 is 0 Å². The summed E-state index contributed by atoms with van der Waals surface area (Å²) in [7, 11) is 1.85. The molecule has 8 nitrogen and oxygen atoms in total. The molecule has 9 heteroatoms. The standard InChI is InChI=1S/C13H11N3O.C12H9N3O.BrH/c1-15-7-8-16-9-11(14-12(17)13(15)16)10-5-3-2-4-6-10;16-12-11-13-6-7-15(11)8-10(14-12)9-4-2-1-3-5-9;/h2-9H,1H3;1-8H,(H,14,16);1H. The highest BCUT2D eigenvalue weighted by Crippen LogP contribution is 2.15. The molecule has 170 valence electrons. The maximum absolute atomic E-state index is 12.0. The van der Waals surface area contributed by atoms with Gasteiger partial charge >= 0.3 is 11.2 Å². The Bertz CT molecular complexity index is 1670. The molecule has 0 bridgehead atoms. The Hall–Kier alpha value is -4.24. The van der Waals surface area contributed by atoms with Gasteiger partial charge in [0.1, 0.15) is 18.6 Å². The van der Waals surface area contributed by atoms with Gasteiger partial charge in [-0.15, -0.1) is 0 Å². The number of rotatable bonds is 2. The van der Waals surface area contributed by atoms with Gasteiger partial charge in [-0.1, -0.05) is 60.7 Å². The van der Waals surface area contributed by atoms with Crippen LogP contribution in [-0.2, 0) is 7.05 Å². The minimum atomic E-state index is -0.175. The zero-order valence-electron chi connectivity index (χ0n) is 18.2. The second-order valence-electron chi connectivity index (χ2n) is 7.52. The summed E-state index contributed by atoms with van der Waals surface area (Å²) in [6, 6.07) is 19.5. The number of fused-ring (bicyclic) bond motifs is 2. The van der Waals surface area contributed by atoms with Crippen LogP contribution in [0.25, 0.3) is 33.8 Å². The van der Waals surface area contributed by atoms with E-state index in [9.17, 15) is 9.59 Å². The minimum Gasteiger partial charge on any atom is -1.00 e. The first kappa shape index (κ1) is 22.9. The average molecular weight is 517 g/mol. The van der Waals surface area contributed by atoms with Crippen molar-refractivity contribution in [2.75, 3.05) is 0 Å². The van der Waals surface area contributed by atoms with Crippen molar-refractivity contribution >= 4 is 11.3 Å². The normalized spacial score (nSPS) is 10.5. The molecule has 0 radical (unpaired) electrons. The van der Waals surface area contributed by atoms with Gasteiger partial charge in [-0.2, -0.15) is 4.40 Å². The number of halogens is 1. The Balaban J connectivity index is 0.000000157. The molecule has 6 aromatic rings. The summed E-state index contributed by atoms with van der Waals surface area (Å²) >= 11 is 0. The van der Waals surface area contributed by atoms with Crippen LogP contribution < -0.4 is 32.7 Å². The number of aromatic nitrogens is 6. The number of aryl methyl sites for hydroxylation is 1. The van der Waals surface area contributed by atoms with Crippen LogP contribution in [0.5, 0.6) is 0 Å². The lowest BCUT2D eigenvalue weighted by atomic mass is 10.2. The molecule has 4 heterocycles. The number of benzene rings is 2. The lowest BCUT2D eigenvalue weighted by Crippen LogP contribution is -3.00. The van der Waals surface area contributed by atoms with Crippen molar-refractivity contribution in [1.29, 1.82) is 0 Å². The number of hydrogen-bond donors (Lipinski definition) is 2. The van der Waals surface area contributed by atoms with Gasteiger partial charge in [-0.25, -0.2) is 9.55 Å². The molecule has 34 heavy (non-hydrogen) atoms. The number of H-pyrrole nitrogens is 2. The lowest BCUT2D eigenvalue weighted by molar-refractivity contribution is -0.645. The van der Waals surface area contributed by atoms with Crippen LogP contribution in [0.4, 0.5) is 0 Å². The van der Waals surface area contributed by atoms with E-state index < -0.39 is 0 Å². The molecule has 2 aromatic carbocycles. The largest absolute Gasteiger partial charge is 1.00 e. The van der Waals surface area contributed by atoms with Gasteiger partial charge in [-0.05, 0) is 5.56 Å². The molecule has 0 unspecified atom stereocenters. The second-order valence-corrected chi connectivity index (χ2v) is 7.52. The highest BCUT2D eigenvalue weighted by atomic mass is 79.9. The third kappa shape index (κ3) is 4.46. The maximum Gasteiger partial charge on any atom is 0.352 e. The zero-order chi connectivity index (χ0) is 22.8. The first-order valence-electron chi connectivity index (χ1n) is 10.4. The molecule has 0 fully saturated rings. The maximum atomic E-state index is 12.0. The van der Waals surface area contributed by atoms with Gasteiger partial charge in [0.25, 0.3) is 5.56 Å². The van der Waals surface area contributed by atoms with Gasteiger partial charge in [0.05, 0.1) is 18.4 Å². The van der Waals surface area contributed by atoms with E-state index in [1.807, 2.05) is 96.9 Å². The van der Waals surface area contributed by atoms with Crippen LogP contribution in [-0.4, -0.2) is 23.8 Å². The van der Waals surface area contributed by atoms with Crippen molar-refractivity contribution in [1.82, 2.24) is 23.8 Å². The fourth-order valence-corrected chi connectivity index (χ4v) is 3.70. The van der Waals surface area contributed by atoms with Gasteiger partial charge < -0.3 is 31.4 Å². The number of imidazole rings is 2. The second kappa shape index (κ2) is 9.72. The Morgan fingerprint density at radius 3 is 1.94 bits per heavy atom. The lowest BCUT2D eigenvalue weighted by Gasteiger charge is -2.01. The first-order chi connectivity index (χ1) is 16.1. The predicted molar refractivity (Wildman–Crippen MR) is 126 cm³/mol. The Kier molecular flexibility index (Phi) is 6.55. The molecule has 0 saturated heterocycles. The van der Waals surface area contributed by atoms with E-state index in [2.05, 4.69) is 15.0 Å². The Labute approximate surface area is 204 Å². The van der Waals surface area contributed by atoms with Crippen molar-refractivity contribution in [3.63, 3.8) is 0 Å². The van der Waals surface area contributed by atoms with Gasteiger partial charge in [0.15, 0.2) is 0 Å². The minimum absolute atomic E-state index is 0. The topological polar surface area (TPSA) is 91.3 Å². The first-order valence-corrected chi connectivity index (χ1v) is 10.4. The summed E-state index contributed by atoms with van der Waals surface area (Å²) < 4.78 is 5.36. The third-order valence-corrected chi connectivity index (χ3v) is 5.31. The molecule has 0 atom stereocenters. The molecule has 6 rings (SSSR count). The van der Waals surface area contributed by atoms with Crippen LogP contribution in [0.1, 0.15) is 0 Å². The quantitative estimate of drug-likeness (QED) is 0.312. The number of nitrogens with zero attached hydrogens (tertiary/aromatic N) is 4. The molecule has 0 spiro atoms. The van der Waals surface area contributed by atoms with E-state index in [0.717, 1.165) is 22.5 Å². The van der Waals surface area contributed by atoms with Gasteiger partial charge in [0, 0.05) is 24.2 Å². The Morgan fingerprint density at radius 1 is 0.765 bits per heavy atom. The summed E-state index contributed by atoms with van der Waals surface area (Å²) in [5, 5.41) is 0. The molecule has 0 aliphatic heterocycles. The van der Waals surface area contributed by atoms with Crippen LogP contribution in [0, 0.1) is 0 Å². The number of hydrogen-bond acceptors (Lipinski definition) is 3. The summed E-state index contributed by atoms with van der Waals surface area (Å²) in [6.07, 6.45) is 10.9. The monoisotopic (exact) mass is 516 g/mol. The van der Waals surface area contributed by atoms with Gasteiger partial charge in [0.2, 0.25) is 5.65 Å². The summed E-state index contributed by atoms with van der Waals surface area (Å²) in [4.78, 5) is 33.3. The van der Waals surface area contributed by atoms with Crippen molar-refractivity contribution in [3.8, 4) is 22.5 Å². The molecule has 2 N–H and O–H groups in total. The van der Waals surface area contributed by atoms with Crippen molar-refractivity contribution in [3.05, 3.63) is 119 Å². The van der Waals surface area contributed by atoms with E-state index in [4.69, 9.17) is 0 Å². The highest BCUT2D eigenvalue weighted by Gasteiger charge is 2.13. The number of aromatic amines is 2. The van der Waals surface area contributed by atoms with Crippen molar-refractivity contribution in [2.24, 2.45) is 7.05 Å². The molecular weight excluding hydrogens is 496 g/mol. The van der Waals surface area contributed by atoms with Crippen molar-refractivity contribution in [2.45, 2.75) is 0 Å². The van der Waals surface area contributed by atoms with Crippen LogP contribution in [0.2, 0.25) is 0 Å². The van der Waals surface area contributed by atoms with E-state index >= 15 is 0 Å². The summed E-state index contributed by atoms with van der Waals surface area (Å²) in [5.41, 5.74) is 4.38. The summed E-state index contributed by atoms with van der Waals surface area (Å²) in [5.74, 6) is 0. The predicted octanol–water partition coefficient (Wildman–Crippen LogP) is -0.187. The van der Waals surface area contributed by atoms with Crippen LogP contribution in [0.3, 0.4) is 0 Å². The average Bonchev–Trinajstić information content (AvgIpc) is 3.48. The van der Waals surface area contributed by atoms with E-state index in [1.165, 1.54) is 0 Å². The van der Waals surface area contributed by atoms with Crippen LogP contribution in [0.15, 0.2) is 107 Å². The molecule has 0 aliphatic rings. The molecule has 0 amide bonds. The third-order valence-electron chi connectivity index (χ3n) is 5.31. The summed E-state index contributed by atoms with van der Waals surface area (Å²) in [6.45, 7) is 0. The van der Waals surface area contributed by atoms with E-state index in [1.54, 1.807) is 21.4 Å². The molecule has 0 saturated carbocycles.